The van der Waals surface area contributed by atoms with E-state index in [1.165, 1.54) is 12.1 Å². The highest BCUT2D eigenvalue weighted by Gasteiger charge is 2.51. The summed E-state index contributed by atoms with van der Waals surface area (Å²) in [5.41, 5.74) is 4.16. The lowest BCUT2D eigenvalue weighted by atomic mass is 9.74. The van der Waals surface area contributed by atoms with Crippen LogP contribution in [0.5, 0.6) is 0 Å². The monoisotopic (exact) mass is 625 g/mol. The maximum atomic E-state index is 14.1. The maximum absolute atomic E-state index is 14.1. The molecule has 8 heteroatoms. The number of quaternary nitrogens is 1. The molecule has 0 spiro atoms. The Morgan fingerprint density at radius 2 is 1.39 bits per heavy atom. The van der Waals surface area contributed by atoms with Gasteiger partial charge in [-0.3, -0.25) is 4.79 Å². The molecular formula is C38H36F3N2O3+. The van der Waals surface area contributed by atoms with Crippen molar-refractivity contribution in [1.82, 2.24) is 9.38 Å². The highest BCUT2D eigenvalue weighted by atomic mass is 19.4. The summed E-state index contributed by atoms with van der Waals surface area (Å²) >= 11 is 0. The zero-order valence-corrected chi connectivity index (χ0v) is 25.7. The van der Waals surface area contributed by atoms with Crippen LogP contribution < -0.4 is 4.48 Å². The Morgan fingerprint density at radius 3 is 1.98 bits per heavy atom. The third kappa shape index (κ3) is 4.61. The minimum Gasteiger partial charge on any atom is -0.480 e. The van der Waals surface area contributed by atoms with Gasteiger partial charge in [-0.25, -0.2) is 9.28 Å². The first kappa shape index (κ1) is 30.4. The third-order valence-corrected chi connectivity index (χ3v) is 10.7. The number of halogens is 3. The van der Waals surface area contributed by atoms with E-state index in [1.54, 1.807) is 19.2 Å². The molecule has 4 aromatic carbocycles. The lowest BCUT2D eigenvalue weighted by molar-refractivity contribution is -0.142. The van der Waals surface area contributed by atoms with Crippen molar-refractivity contribution < 1.29 is 27.9 Å². The van der Waals surface area contributed by atoms with E-state index in [2.05, 4.69) is 4.90 Å². The van der Waals surface area contributed by atoms with Gasteiger partial charge in [0.2, 0.25) is 0 Å². The van der Waals surface area contributed by atoms with Crippen LogP contribution in [0.1, 0.15) is 59.2 Å². The van der Waals surface area contributed by atoms with E-state index in [1.807, 2.05) is 60.7 Å². The molecule has 7 rings (SSSR count). The molecule has 1 saturated heterocycles. The molecule has 1 unspecified atom stereocenters. The normalized spacial score (nSPS) is 20.5. The Bertz CT molecular complexity index is 1800. The molecule has 5 nitrogen and oxygen atoms in total. The minimum absolute atomic E-state index is 0.166. The summed E-state index contributed by atoms with van der Waals surface area (Å²) in [5, 5.41) is 10.6. The Labute approximate surface area is 266 Å². The summed E-state index contributed by atoms with van der Waals surface area (Å²) in [4.78, 5) is 29.3. The lowest BCUT2D eigenvalue weighted by Crippen LogP contribution is -2.62. The molecule has 0 saturated carbocycles. The van der Waals surface area contributed by atoms with Crippen LogP contribution >= 0.6 is 0 Å². The molecule has 3 aliphatic rings. The van der Waals surface area contributed by atoms with Crippen molar-refractivity contribution in [3.05, 3.63) is 113 Å². The number of carboxylic acids is 1. The van der Waals surface area contributed by atoms with E-state index >= 15 is 0 Å². The summed E-state index contributed by atoms with van der Waals surface area (Å²) in [6, 6.07) is 26.4. The molecule has 1 aliphatic carbocycles. The first-order valence-corrected chi connectivity index (χ1v) is 15.9. The third-order valence-electron chi connectivity index (χ3n) is 10.7. The van der Waals surface area contributed by atoms with Gasteiger partial charge in [0.05, 0.1) is 18.2 Å². The number of amides is 1. The van der Waals surface area contributed by atoms with Crippen molar-refractivity contribution in [1.29, 1.82) is 0 Å². The fourth-order valence-electron chi connectivity index (χ4n) is 8.26. The molecule has 1 N–H and O–H groups in total. The van der Waals surface area contributed by atoms with Gasteiger partial charge >= 0.3 is 18.1 Å². The highest BCUT2D eigenvalue weighted by molar-refractivity contribution is 6.13. The van der Waals surface area contributed by atoms with Crippen LogP contribution in [0.4, 0.5) is 18.9 Å². The van der Waals surface area contributed by atoms with Crippen LogP contribution in [0.15, 0.2) is 91.0 Å². The van der Waals surface area contributed by atoms with Crippen molar-refractivity contribution >= 4 is 17.6 Å². The van der Waals surface area contributed by atoms with Crippen LogP contribution in [-0.2, 0) is 16.4 Å². The quantitative estimate of drug-likeness (QED) is 0.166. The molecule has 0 radical (unpaired) electrons. The molecule has 2 aliphatic heterocycles. The van der Waals surface area contributed by atoms with Gasteiger partial charge in [-0.1, -0.05) is 73.2 Å². The SMILES string of the molecule is C[N+]1(C2CCN(CCCCC3(C(=O)O)c4ccccc4-c4ccccc43)CC2)C(=O)c2ccccc2-c2ccc(C(F)(F)F)cc21. The van der Waals surface area contributed by atoms with Crippen LogP contribution in [0, 0.1) is 0 Å². The summed E-state index contributed by atoms with van der Waals surface area (Å²) in [6.07, 6.45) is -1.13. The van der Waals surface area contributed by atoms with Gasteiger partial charge in [0.25, 0.3) is 0 Å². The molecule has 1 fully saturated rings. The number of benzene rings is 4. The lowest BCUT2D eigenvalue weighted by Gasteiger charge is -2.45. The number of rotatable bonds is 7. The number of carboxylic acid groups (broad SMARTS) is 1. The molecule has 46 heavy (non-hydrogen) atoms. The zero-order valence-electron chi connectivity index (χ0n) is 25.7. The fourth-order valence-corrected chi connectivity index (χ4v) is 8.26. The van der Waals surface area contributed by atoms with Gasteiger partial charge in [0.1, 0.15) is 17.1 Å². The number of nitrogens with zero attached hydrogens (tertiary/aromatic N) is 2. The van der Waals surface area contributed by atoms with Crippen molar-refractivity contribution in [3.63, 3.8) is 0 Å². The van der Waals surface area contributed by atoms with E-state index in [4.69, 9.17) is 0 Å². The molecule has 1 atom stereocenters. The van der Waals surface area contributed by atoms with E-state index in [0.717, 1.165) is 60.8 Å². The van der Waals surface area contributed by atoms with Crippen molar-refractivity contribution in [2.24, 2.45) is 0 Å². The Kier molecular flexibility index (Phi) is 7.41. The first-order valence-electron chi connectivity index (χ1n) is 15.9. The van der Waals surface area contributed by atoms with E-state index < -0.39 is 23.1 Å². The molecule has 0 bridgehead atoms. The number of likely N-dealkylation sites (tertiary alicyclic amines) is 1. The number of hydrogen-bond donors (Lipinski definition) is 1. The second-order valence-electron chi connectivity index (χ2n) is 13.0. The van der Waals surface area contributed by atoms with E-state index in [9.17, 15) is 27.9 Å². The Hall–Kier alpha value is -4.27. The van der Waals surface area contributed by atoms with Crippen molar-refractivity contribution in [2.45, 2.75) is 49.7 Å². The smallest absolute Gasteiger partial charge is 0.416 e. The average molecular weight is 626 g/mol. The number of hydrogen-bond acceptors (Lipinski definition) is 3. The van der Waals surface area contributed by atoms with Gasteiger partial charge in [-0.05, 0) is 59.8 Å². The number of unbranched alkanes of at least 4 members (excludes halogenated alkanes) is 1. The molecule has 1 amide bonds. The van der Waals surface area contributed by atoms with Crippen LogP contribution in [0.3, 0.4) is 0 Å². The highest BCUT2D eigenvalue weighted by Crippen LogP contribution is 2.52. The predicted octanol–water partition coefficient (Wildman–Crippen LogP) is 8.15. The van der Waals surface area contributed by atoms with Gasteiger partial charge in [0.15, 0.2) is 0 Å². The maximum Gasteiger partial charge on any atom is 0.416 e. The summed E-state index contributed by atoms with van der Waals surface area (Å²) in [6.45, 7) is 2.23. The van der Waals surface area contributed by atoms with Gasteiger partial charge in [-0.2, -0.15) is 13.2 Å². The van der Waals surface area contributed by atoms with E-state index in [0.29, 0.717) is 41.6 Å². The number of aliphatic carboxylic acids is 1. The molecule has 0 aromatic heterocycles. The minimum atomic E-state index is -4.51. The number of piperidine rings is 1. The molecule has 236 valence electrons. The van der Waals surface area contributed by atoms with Gasteiger partial charge in [-0.15, -0.1) is 0 Å². The van der Waals surface area contributed by atoms with Crippen LogP contribution in [0.2, 0.25) is 0 Å². The Morgan fingerprint density at radius 1 is 0.826 bits per heavy atom. The largest absolute Gasteiger partial charge is 0.480 e. The molecular weight excluding hydrogens is 589 g/mol. The van der Waals surface area contributed by atoms with Gasteiger partial charge < -0.3 is 10.0 Å². The molecule has 2 heterocycles. The standard InChI is InChI=1S/C38H35F3N2O3/c1-43(34-24-25(38(39,40)41)16-17-30(34)27-10-2-3-13-31(27)35(43)44)26-18-22-42(23-19-26)21-9-8-20-37(36(45)46)32-14-6-4-11-28(32)29-12-5-7-15-33(29)37/h2-7,10-17,24,26H,8-9,18-23H2,1H3/p+1. The van der Waals surface area contributed by atoms with E-state index in [-0.39, 0.29) is 16.4 Å². The average Bonchev–Trinajstić information content (AvgIpc) is 3.36. The topological polar surface area (TPSA) is 57.6 Å². The number of alkyl halides is 3. The van der Waals surface area contributed by atoms with Crippen LogP contribution in [-0.4, -0.2) is 54.6 Å². The summed E-state index contributed by atoms with van der Waals surface area (Å²) in [7, 11) is 1.78. The van der Waals surface area contributed by atoms with Crippen LogP contribution in [0.25, 0.3) is 22.3 Å². The van der Waals surface area contributed by atoms with Crippen molar-refractivity contribution in [3.8, 4) is 22.3 Å². The number of fused-ring (bicyclic) bond motifs is 6. The summed E-state index contributed by atoms with van der Waals surface area (Å²) < 4.78 is 41.3. The number of carbonyl (C=O) groups excluding carboxylic acids is 1. The van der Waals surface area contributed by atoms with Crippen molar-refractivity contribution in [2.75, 3.05) is 26.7 Å². The predicted molar refractivity (Wildman–Crippen MR) is 173 cm³/mol. The Balaban J connectivity index is 1.06. The van der Waals surface area contributed by atoms with Gasteiger partial charge in [0, 0.05) is 43.1 Å². The zero-order chi connectivity index (χ0) is 32.3. The summed E-state index contributed by atoms with van der Waals surface area (Å²) in [5.74, 6) is -0.999. The second kappa shape index (κ2) is 11.2. The number of carbonyl (C=O) groups is 2. The fraction of sp³-hybridized carbons (Fsp3) is 0.316. The first-order chi connectivity index (χ1) is 22.1. The second-order valence-corrected chi connectivity index (χ2v) is 13.0. The molecule has 4 aromatic rings.